The summed E-state index contributed by atoms with van der Waals surface area (Å²) in [6.45, 7) is 1.42. The van der Waals surface area contributed by atoms with Crippen molar-refractivity contribution in [3.63, 3.8) is 0 Å². The number of hydrogen-bond donors (Lipinski definition) is 1. The van der Waals surface area contributed by atoms with Gasteiger partial charge < -0.3 is 10.6 Å². The Morgan fingerprint density at radius 1 is 1.13 bits per heavy atom. The number of thiophene rings is 2. The van der Waals surface area contributed by atoms with Gasteiger partial charge in [-0.05, 0) is 42.2 Å². The van der Waals surface area contributed by atoms with Gasteiger partial charge in [-0.3, -0.25) is 4.79 Å². The number of nitrogens with zero attached hydrogens (tertiary/aromatic N) is 1. The molecule has 1 fully saturated rings. The molecule has 0 aliphatic heterocycles. The molecule has 2 aromatic rings. The van der Waals surface area contributed by atoms with Crippen molar-refractivity contribution in [2.75, 3.05) is 0 Å². The van der Waals surface area contributed by atoms with E-state index in [2.05, 4.69) is 22.9 Å². The predicted molar refractivity (Wildman–Crippen MR) is 100 cm³/mol. The Hall–Kier alpha value is -0.880. The molecule has 3 nitrogen and oxygen atoms in total. The van der Waals surface area contributed by atoms with E-state index in [-0.39, 0.29) is 30.3 Å². The summed E-state index contributed by atoms with van der Waals surface area (Å²) < 4.78 is 0. The fraction of sp³-hybridized carbons (Fsp3) is 0.471. The van der Waals surface area contributed by atoms with Crippen molar-refractivity contribution in [1.82, 2.24) is 4.90 Å². The Labute approximate surface area is 151 Å². The molecule has 2 atom stereocenters. The molecule has 2 N–H and O–H groups in total. The van der Waals surface area contributed by atoms with Crippen molar-refractivity contribution in [3.05, 3.63) is 44.8 Å². The summed E-state index contributed by atoms with van der Waals surface area (Å²) in [4.78, 5) is 17.5. The minimum absolute atomic E-state index is 0. The summed E-state index contributed by atoms with van der Waals surface area (Å²) in [7, 11) is 0. The molecule has 1 aliphatic carbocycles. The number of nitrogens with two attached hydrogens (primary N) is 1. The van der Waals surface area contributed by atoms with E-state index in [0.29, 0.717) is 13.1 Å². The molecule has 0 bridgehead atoms. The van der Waals surface area contributed by atoms with E-state index in [1.807, 2.05) is 17.0 Å². The van der Waals surface area contributed by atoms with Crippen LogP contribution in [-0.2, 0) is 17.9 Å². The molecule has 2 aromatic heterocycles. The quantitative estimate of drug-likeness (QED) is 0.853. The molecule has 6 heteroatoms. The SMILES string of the molecule is Cl.NC1CCCC(C(=O)N(Cc2cccs2)Cc2cccs2)C1. The minimum atomic E-state index is 0. The fourth-order valence-electron chi connectivity index (χ4n) is 3.10. The Bertz CT molecular complexity index is 550. The van der Waals surface area contributed by atoms with Crippen LogP contribution in [0.3, 0.4) is 0 Å². The highest BCUT2D eigenvalue weighted by atomic mass is 35.5. The van der Waals surface area contributed by atoms with Gasteiger partial charge in [0.2, 0.25) is 5.91 Å². The van der Waals surface area contributed by atoms with Crippen molar-refractivity contribution in [1.29, 1.82) is 0 Å². The maximum atomic E-state index is 13.0. The Morgan fingerprint density at radius 2 is 1.74 bits per heavy atom. The molecule has 2 unspecified atom stereocenters. The first-order chi connectivity index (χ1) is 10.7. The lowest BCUT2D eigenvalue weighted by molar-refractivity contribution is -0.138. The molecule has 1 amide bonds. The third-order valence-corrected chi connectivity index (χ3v) is 5.95. The molecular weight excluding hydrogens is 348 g/mol. The molecule has 126 valence electrons. The van der Waals surface area contributed by atoms with Crippen molar-refractivity contribution >= 4 is 41.0 Å². The lowest BCUT2D eigenvalue weighted by atomic mass is 9.85. The van der Waals surface area contributed by atoms with E-state index in [0.717, 1.165) is 25.7 Å². The van der Waals surface area contributed by atoms with Crippen LogP contribution in [0.15, 0.2) is 35.0 Å². The van der Waals surface area contributed by atoms with E-state index >= 15 is 0 Å². The molecular formula is C17H23ClN2OS2. The number of carbonyl (C=O) groups is 1. The highest BCUT2D eigenvalue weighted by Crippen LogP contribution is 2.27. The average molecular weight is 371 g/mol. The molecule has 1 saturated carbocycles. The monoisotopic (exact) mass is 370 g/mol. The average Bonchev–Trinajstić information content (AvgIpc) is 3.19. The molecule has 0 saturated heterocycles. The highest BCUT2D eigenvalue weighted by Gasteiger charge is 2.29. The van der Waals surface area contributed by atoms with Crippen molar-refractivity contribution < 1.29 is 4.79 Å². The second-order valence-corrected chi connectivity index (χ2v) is 8.04. The number of amides is 1. The maximum absolute atomic E-state index is 13.0. The van der Waals surface area contributed by atoms with Gasteiger partial charge in [0.25, 0.3) is 0 Å². The Morgan fingerprint density at radius 3 is 2.22 bits per heavy atom. The summed E-state index contributed by atoms with van der Waals surface area (Å²) >= 11 is 3.43. The van der Waals surface area contributed by atoms with Crippen LogP contribution in [0.5, 0.6) is 0 Å². The Kier molecular flexibility index (Phi) is 7.09. The second kappa shape index (κ2) is 8.83. The summed E-state index contributed by atoms with van der Waals surface area (Å²) in [6, 6.07) is 8.49. The summed E-state index contributed by atoms with van der Waals surface area (Å²) in [5, 5.41) is 4.14. The fourth-order valence-corrected chi connectivity index (χ4v) is 4.54. The van der Waals surface area contributed by atoms with Gasteiger partial charge in [-0.2, -0.15) is 0 Å². The van der Waals surface area contributed by atoms with Gasteiger partial charge in [0, 0.05) is 21.7 Å². The lowest BCUT2D eigenvalue weighted by Crippen LogP contribution is -2.39. The zero-order chi connectivity index (χ0) is 15.4. The standard InChI is InChI=1S/C17H22N2OS2.ClH/c18-14-5-1-4-13(10-14)17(20)19(11-15-6-2-8-21-15)12-16-7-3-9-22-16;/h2-3,6-9,13-14H,1,4-5,10-12,18H2;1H. The molecule has 3 rings (SSSR count). The van der Waals surface area contributed by atoms with Gasteiger partial charge in [-0.25, -0.2) is 0 Å². The number of hydrogen-bond acceptors (Lipinski definition) is 4. The van der Waals surface area contributed by atoms with Gasteiger partial charge in [0.15, 0.2) is 0 Å². The smallest absolute Gasteiger partial charge is 0.226 e. The molecule has 0 spiro atoms. The van der Waals surface area contributed by atoms with Crippen molar-refractivity contribution in [2.24, 2.45) is 11.7 Å². The minimum Gasteiger partial charge on any atom is -0.332 e. The van der Waals surface area contributed by atoms with Gasteiger partial charge >= 0.3 is 0 Å². The summed E-state index contributed by atoms with van der Waals surface area (Å²) in [6.07, 6.45) is 3.95. The summed E-state index contributed by atoms with van der Waals surface area (Å²) in [5.41, 5.74) is 6.07. The van der Waals surface area contributed by atoms with Gasteiger partial charge in [0.05, 0.1) is 13.1 Å². The topological polar surface area (TPSA) is 46.3 Å². The van der Waals surface area contributed by atoms with Crippen LogP contribution >= 0.6 is 35.1 Å². The van der Waals surface area contributed by atoms with Crippen LogP contribution in [0, 0.1) is 5.92 Å². The van der Waals surface area contributed by atoms with Crippen LogP contribution in [0.4, 0.5) is 0 Å². The van der Waals surface area contributed by atoms with E-state index in [4.69, 9.17) is 5.73 Å². The number of carbonyl (C=O) groups excluding carboxylic acids is 1. The third kappa shape index (κ3) is 5.05. The first-order valence-electron chi connectivity index (χ1n) is 7.81. The Balaban J connectivity index is 0.00000192. The first-order valence-corrected chi connectivity index (χ1v) is 9.57. The predicted octanol–water partition coefficient (Wildman–Crippen LogP) is 4.28. The third-order valence-electron chi connectivity index (χ3n) is 4.23. The number of halogens is 1. The van der Waals surface area contributed by atoms with E-state index in [9.17, 15) is 4.79 Å². The van der Waals surface area contributed by atoms with Crippen molar-refractivity contribution in [2.45, 2.75) is 44.8 Å². The normalized spacial score (nSPS) is 20.7. The molecule has 23 heavy (non-hydrogen) atoms. The van der Waals surface area contributed by atoms with Crippen molar-refractivity contribution in [3.8, 4) is 0 Å². The second-order valence-electron chi connectivity index (χ2n) is 5.98. The van der Waals surface area contributed by atoms with Gasteiger partial charge in [0.1, 0.15) is 0 Å². The highest BCUT2D eigenvalue weighted by molar-refractivity contribution is 7.10. The van der Waals surface area contributed by atoms with Crippen LogP contribution in [-0.4, -0.2) is 16.8 Å². The van der Waals surface area contributed by atoms with E-state index < -0.39 is 0 Å². The molecule has 0 aromatic carbocycles. The van der Waals surface area contributed by atoms with E-state index in [1.165, 1.54) is 9.75 Å². The zero-order valence-corrected chi connectivity index (χ0v) is 15.5. The van der Waals surface area contributed by atoms with Crippen LogP contribution in [0.25, 0.3) is 0 Å². The first kappa shape index (κ1) is 18.5. The van der Waals surface area contributed by atoms with Crippen LogP contribution in [0.2, 0.25) is 0 Å². The maximum Gasteiger partial charge on any atom is 0.226 e. The zero-order valence-electron chi connectivity index (χ0n) is 13.0. The van der Waals surface area contributed by atoms with Gasteiger partial charge in [-0.15, -0.1) is 35.1 Å². The van der Waals surface area contributed by atoms with Crippen LogP contribution < -0.4 is 5.73 Å². The van der Waals surface area contributed by atoms with Gasteiger partial charge in [-0.1, -0.05) is 18.6 Å². The number of rotatable bonds is 5. The molecule has 0 radical (unpaired) electrons. The van der Waals surface area contributed by atoms with E-state index in [1.54, 1.807) is 22.7 Å². The molecule has 2 heterocycles. The summed E-state index contributed by atoms with van der Waals surface area (Å²) in [5.74, 6) is 0.376. The molecule has 1 aliphatic rings. The van der Waals surface area contributed by atoms with Crippen LogP contribution in [0.1, 0.15) is 35.4 Å². The largest absolute Gasteiger partial charge is 0.332 e. The lowest BCUT2D eigenvalue weighted by Gasteiger charge is -2.31.